The predicted octanol–water partition coefficient (Wildman–Crippen LogP) is 3.93. The molecule has 1 aliphatic heterocycles. The molecule has 1 N–H and O–H groups in total. The second-order valence-electron chi connectivity index (χ2n) is 6.81. The molecule has 0 saturated heterocycles. The first-order chi connectivity index (χ1) is 12.8. The number of hydrogen-bond acceptors (Lipinski definition) is 2. The second-order valence-corrected chi connectivity index (χ2v) is 7.19. The van der Waals surface area contributed by atoms with Gasteiger partial charge in [0.1, 0.15) is 5.82 Å². The van der Waals surface area contributed by atoms with Crippen molar-refractivity contribution >= 4 is 28.9 Å². The molecule has 0 radical (unpaired) electrons. The molecule has 0 aromatic heterocycles. The highest BCUT2D eigenvalue weighted by atomic mass is 32.1. The summed E-state index contributed by atoms with van der Waals surface area (Å²) in [5.74, 6) is -0.496. The molecule has 0 aliphatic carbocycles. The van der Waals surface area contributed by atoms with Gasteiger partial charge in [-0.3, -0.25) is 9.69 Å². The third-order valence-corrected chi connectivity index (χ3v) is 4.90. The molecule has 6 heteroatoms. The summed E-state index contributed by atoms with van der Waals surface area (Å²) in [4.78, 5) is 16.3. The quantitative estimate of drug-likeness (QED) is 0.815. The van der Waals surface area contributed by atoms with Crippen LogP contribution in [-0.4, -0.2) is 30.0 Å². The van der Waals surface area contributed by atoms with E-state index < -0.39 is 6.04 Å². The van der Waals surface area contributed by atoms with Gasteiger partial charge < -0.3 is 10.2 Å². The first-order valence-corrected chi connectivity index (χ1v) is 9.05. The molecule has 0 fully saturated rings. The number of aryl methyl sites for hydroxylation is 1. The van der Waals surface area contributed by atoms with E-state index in [1.54, 1.807) is 26.2 Å². The van der Waals surface area contributed by atoms with Crippen LogP contribution in [0, 0.1) is 12.7 Å². The number of rotatable bonds is 3. The Labute approximate surface area is 164 Å². The number of amides is 1. The summed E-state index contributed by atoms with van der Waals surface area (Å²) in [5.41, 5.74) is 3.94. The first kappa shape index (κ1) is 19.0. The number of benzene rings is 2. The molecule has 140 valence electrons. The number of thiocarbonyl (C=S) groups is 1. The van der Waals surface area contributed by atoms with Gasteiger partial charge in [0, 0.05) is 25.5 Å². The Hall–Kier alpha value is -2.73. The number of halogens is 1. The Kier molecular flexibility index (Phi) is 5.28. The lowest BCUT2D eigenvalue weighted by Crippen LogP contribution is -2.49. The van der Waals surface area contributed by atoms with Crippen LogP contribution in [0.2, 0.25) is 0 Å². The van der Waals surface area contributed by atoms with Gasteiger partial charge in [0.05, 0.1) is 11.6 Å². The third-order valence-electron chi connectivity index (χ3n) is 4.60. The molecule has 4 nitrogen and oxygen atoms in total. The lowest BCUT2D eigenvalue weighted by molar-refractivity contribution is -0.125. The monoisotopic (exact) mass is 383 g/mol. The van der Waals surface area contributed by atoms with Gasteiger partial charge in [0.25, 0.3) is 5.91 Å². The Bertz CT molecular complexity index is 921. The fourth-order valence-corrected chi connectivity index (χ4v) is 3.56. The molecule has 2 aromatic carbocycles. The zero-order valence-corrected chi connectivity index (χ0v) is 16.6. The standard InChI is InChI=1S/C21H22FN3OS/c1-13-8-10-17(11-9-13)25-14(2)18(20(26)24(3)4)19(23-21(25)27)15-6-5-7-16(22)12-15/h5-12,19H,1-4H3,(H,23,27)/t19-/m1/s1. The fraction of sp³-hybridized carbons (Fsp3) is 0.238. The van der Waals surface area contributed by atoms with Crippen molar-refractivity contribution in [2.24, 2.45) is 0 Å². The number of carbonyl (C=O) groups excluding carboxylic acids is 1. The van der Waals surface area contributed by atoms with E-state index >= 15 is 0 Å². The topological polar surface area (TPSA) is 35.6 Å². The minimum Gasteiger partial charge on any atom is -0.351 e. The number of nitrogens with zero attached hydrogens (tertiary/aromatic N) is 2. The maximum Gasteiger partial charge on any atom is 0.253 e. The van der Waals surface area contributed by atoms with E-state index in [9.17, 15) is 9.18 Å². The summed E-state index contributed by atoms with van der Waals surface area (Å²) in [6, 6.07) is 13.7. The van der Waals surface area contributed by atoms with E-state index in [4.69, 9.17) is 12.2 Å². The van der Waals surface area contributed by atoms with E-state index in [0.29, 0.717) is 16.2 Å². The molecule has 2 aromatic rings. The summed E-state index contributed by atoms with van der Waals surface area (Å²) in [7, 11) is 3.41. The average Bonchev–Trinajstić information content (AvgIpc) is 2.62. The van der Waals surface area contributed by atoms with Crippen molar-refractivity contribution in [2.75, 3.05) is 19.0 Å². The van der Waals surface area contributed by atoms with Crippen LogP contribution in [0.15, 0.2) is 59.8 Å². The number of anilines is 1. The Morgan fingerprint density at radius 3 is 2.41 bits per heavy atom. The predicted molar refractivity (Wildman–Crippen MR) is 110 cm³/mol. The molecule has 0 bridgehead atoms. The number of carbonyl (C=O) groups is 1. The van der Waals surface area contributed by atoms with Crippen molar-refractivity contribution in [1.82, 2.24) is 10.2 Å². The second kappa shape index (κ2) is 7.48. The van der Waals surface area contributed by atoms with Crippen LogP contribution >= 0.6 is 12.2 Å². The van der Waals surface area contributed by atoms with Crippen molar-refractivity contribution in [3.8, 4) is 0 Å². The lowest BCUT2D eigenvalue weighted by atomic mass is 9.93. The molecule has 0 saturated carbocycles. The largest absolute Gasteiger partial charge is 0.351 e. The van der Waals surface area contributed by atoms with Gasteiger partial charge in [0.15, 0.2) is 5.11 Å². The van der Waals surface area contributed by atoms with Gasteiger partial charge in [-0.05, 0) is 55.9 Å². The van der Waals surface area contributed by atoms with Crippen molar-refractivity contribution < 1.29 is 9.18 Å². The van der Waals surface area contributed by atoms with Crippen molar-refractivity contribution in [2.45, 2.75) is 19.9 Å². The SMILES string of the molecule is CC1=C(C(=O)N(C)C)[C@@H](c2cccc(F)c2)NC(=S)N1c1ccc(C)cc1. The molecule has 1 amide bonds. The van der Waals surface area contributed by atoms with Crippen LogP contribution in [0.3, 0.4) is 0 Å². The Balaban J connectivity index is 2.16. The minimum absolute atomic E-state index is 0.145. The van der Waals surface area contributed by atoms with E-state index in [2.05, 4.69) is 5.32 Å². The number of likely N-dealkylation sites (N-methyl/N-ethyl adjacent to an activating group) is 1. The van der Waals surface area contributed by atoms with Crippen LogP contribution < -0.4 is 10.2 Å². The van der Waals surface area contributed by atoms with E-state index in [1.807, 2.05) is 43.0 Å². The van der Waals surface area contributed by atoms with Gasteiger partial charge in [0.2, 0.25) is 0 Å². The molecular weight excluding hydrogens is 361 g/mol. The highest BCUT2D eigenvalue weighted by Crippen LogP contribution is 2.34. The number of nitrogens with one attached hydrogen (secondary N) is 1. The highest BCUT2D eigenvalue weighted by molar-refractivity contribution is 7.80. The van der Waals surface area contributed by atoms with Gasteiger partial charge >= 0.3 is 0 Å². The van der Waals surface area contributed by atoms with Crippen molar-refractivity contribution in [3.05, 3.63) is 76.7 Å². The van der Waals surface area contributed by atoms with Gasteiger partial charge in [-0.2, -0.15) is 0 Å². The van der Waals surface area contributed by atoms with Gasteiger partial charge in [-0.1, -0.05) is 29.8 Å². The van der Waals surface area contributed by atoms with Gasteiger partial charge in [-0.25, -0.2) is 4.39 Å². The Morgan fingerprint density at radius 1 is 1.15 bits per heavy atom. The highest BCUT2D eigenvalue weighted by Gasteiger charge is 2.35. The van der Waals surface area contributed by atoms with Crippen LogP contribution in [0.1, 0.15) is 24.1 Å². The summed E-state index contributed by atoms with van der Waals surface area (Å²) < 4.78 is 13.8. The normalized spacial score (nSPS) is 17.0. The first-order valence-electron chi connectivity index (χ1n) is 8.64. The molecule has 1 aliphatic rings. The minimum atomic E-state index is -0.509. The fourth-order valence-electron chi connectivity index (χ4n) is 3.20. The number of hydrogen-bond donors (Lipinski definition) is 1. The van der Waals surface area contributed by atoms with Crippen LogP contribution in [-0.2, 0) is 4.79 Å². The average molecular weight is 383 g/mol. The van der Waals surface area contributed by atoms with Crippen molar-refractivity contribution in [1.29, 1.82) is 0 Å². The third kappa shape index (κ3) is 3.71. The van der Waals surface area contributed by atoms with E-state index in [0.717, 1.165) is 16.9 Å². The Morgan fingerprint density at radius 2 is 1.81 bits per heavy atom. The molecule has 1 atom stereocenters. The molecule has 0 unspecified atom stereocenters. The maximum atomic E-state index is 13.8. The zero-order valence-electron chi connectivity index (χ0n) is 15.8. The molecule has 3 rings (SSSR count). The smallest absolute Gasteiger partial charge is 0.253 e. The maximum absolute atomic E-state index is 13.8. The lowest BCUT2D eigenvalue weighted by Gasteiger charge is -2.38. The van der Waals surface area contributed by atoms with Gasteiger partial charge in [-0.15, -0.1) is 0 Å². The molecule has 0 spiro atoms. The molecule has 27 heavy (non-hydrogen) atoms. The van der Waals surface area contributed by atoms with E-state index in [1.165, 1.54) is 17.0 Å². The van der Waals surface area contributed by atoms with Crippen LogP contribution in [0.25, 0.3) is 0 Å². The number of allylic oxidation sites excluding steroid dienone is 1. The summed E-state index contributed by atoms with van der Waals surface area (Å²) >= 11 is 5.60. The van der Waals surface area contributed by atoms with E-state index in [-0.39, 0.29) is 11.7 Å². The molecular formula is C21H22FN3OS. The van der Waals surface area contributed by atoms with Crippen LogP contribution in [0.4, 0.5) is 10.1 Å². The van der Waals surface area contributed by atoms with Crippen LogP contribution in [0.5, 0.6) is 0 Å². The molecule has 1 heterocycles. The van der Waals surface area contributed by atoms with Crippen molar-refractivity contribution in [3.63, 3.8) is 0 Å². The summed E-state index contributed by atoms with van der Waals surface area (Å²) in [6.45, 7) is 3.89. The zero-order chi connectivity index (χ0) is 19.7. The summed E-state index contributed by atoms with van der Waals surface area (Å²) in [6.07, 6.45) is 0. The summed E-state index contributed by atoms with van der Waals surface area (Å²) in [5, 5.41) is 3.70.